The highest BCUT2D eigenvalue weighted by molar-refractivity contribution is 9.10. The van der Waals surface area contributed by atoms with Crippen LogP contribution in [0.1, 0.15) is 51.0 Å². The lowest BCUT2D eigenvalue weighted by atomic mass is 9.89. The second-order valence-corrected chi connectivity index (χ2v) is 7.11. The van der Waals surface area contributed by atoms with Gasteiger partial charge >= 0.3 is 0 Å². The molecule has 21 heavy (non-hydrogen) atoms. The van der Waals surface area contributed by atoms with Gasteiger partial charge in [-0.05, 0) is 53.7 Å². The third kappa shape index (κ3) is 5.26. The van der Waals surface area contributed by atoms with E-state index in [1.807, 2.05) is 6.20 Å². The van der Waals surface area contributed by atoms with Crippen molar-refractivity contribution in [3.05, 3.63) is 22.3 Å². The Morgan fingerprint density at radius 1 is 1.33 bits per heavy atom. The Kier molecular flexibility index (Phi) is 6.97. The number of nitrogens with zero attached hydrogens (tertiary/aromatic N) is 2. The van der Waals surface area contributed by atoms with Crippen molar-refractivity contribution >= 4 is 21.7 Å². The highest BCUT2D eigenvalue weighted by Gasteiger charge is 2.17. The summed E-state index contributed by atoms with van der Waals surface area (Å²) < 4.78 is 1.06. The van der Waals surface area contributed by atoms with E-state index in [4.69, 9.17) is 0 Å². The molecule has 1 aliphatic rings. The molecule has 0 aliphatic heterocycles. The monoisotopic (exact) mass is 353 g/mol. The maximum Gasteiger partial charge on any atom is 0.132 e. The number of hydrogen-bond donors (Lipinski definition) is 1. The molecule has 0 aromatic carbocycles. The summed E-state index contributed by atoms with van der Waals surface area (Å²) in [4.78, 5) is 7.01. The van der Waals surface area contributed by atoms with Crippen LogP contribution >= 0.6 is 15.9 Å². The van der Waals surface area contributed by atoms with E-state index in [0.717, 1.165) is 42.3 Å². The van der Waals surface area contributed by atoms with Crippen LogP contribution in [0.5, 0.6) is 0 Å². The van der Waals surface area contributed by atoms with Gasteiger partial charge < -0.3 is 10.2 Å². The average Bonchev–Trinajstić information content (AvgIpc) is 2.48. The van der Waals surface area contributed by atoms with Crippen molar-refractivity contribution in [1.82, 2.24) is 10.3 Å². The lowest BCUT2D eigenvalue weighted by molar-refractivity contribution is 0.361. The number of aromatic nitrogens is 1. The minimum absolute atomic E-state index is 0.839. The van der Waals surface area contributed by atoms with E-state index in [1.54, 1.807) is 0 Å². The number of hydrogen-bond acceptors (Lipinski definition) is 3. The van der Waals surface area contributed by atoms with Crippen LogP contribution in [0.2, 0.25) is 0 Å². The fourth-order valence-corrected chi connectivity index (χ4v) is 3.57. The largest absolute Gasteiger partial charge is 0.359 e. The number of anilines is 1. The number of pyridine rings is 1. The van der Waals surface area contributed by atoms with Crippen LogP contribution in [0.4, 0.5) is 5.82 Å². The Morgan fingerprint density at radius 3 is 2.81 bits per heavy atom. The van der Waals surface area contributed by atoms with E-state index in [-0.39, 0.29) is 0 Å². The van der Waals surface area contributed by atoms with Gasteiger partial charge in [0.25, 0.3) is 0 Å². The van der Waals surface area contributed by atoms with Crippen LogP contribution in [0, 0.1) is 5.92 Å². The molecule has 4 heteroatoms. The van der Waals surface area contributed by atoms with E-state index in [9.17, 15) is 0 Å². The quantitative estimate of drug-likeness (QED) is 0.738. The summed E-state index contributed by atoms with van der Waals surface area (Å²) in [6.45, 7) is 5.28. The summed E-state index contributed by atoms with van der Waals surface area (Å²) in [5.74, 6) is 1.97. The van der Waals surface area contributed by atoms with Gasteiger partial charge in [-0.2, -0.15) is 0 Å². The van der Waals surface area contributed by atoms with Crippen molar-refractivity contribution < 1.29 is 0 Å². The molecule has 1 fully saturated rings. The Labute approximate surface area is 137 Å². The predicted molar refractivity (Wildman–Crippen MR) is 93.8 cm³/mol. The van der Waals surface area contributed by atoms with Crippen molar-refractivity contribution in [3.63, 3.8) is 0 Å². The molecule has 0 unspecified atom stereocenters. The summed E-state index contributed by atoms with van der Waals surface area (Å²) in [7, 11) is 2.19. The molecule has 0 bridgehead atoms. The first-order valence-corrected chi connectivity index (χ1v) is 9.06. The molecule has 1 aromatic rings. The lowest BCUT2D eigenvalue weighted by Gasteiger charge is -2.29. The summed E-state index contributed by atoms with van der Waals surface area (Å²) in [5, 5.41) is 3.49. The van der Waals surface area contributed by atoms with Crippen molar-refractivity contribution in [2.45, 2.75) is 52.0 Å². The highest BCUT2D eigenvalue weighted by Crippen LogP contribution is 2.27. The normalized spacial score (nSPS) is 16.1. The first-order chi connectivity index (χ1) is 10.2. The Hall–Kier alpha value is -0.610. The molecule has 0 radical (unpaired) electrons. The van der Waals surface area contributed by atoms with Crippen LogP contribution in [0.25, 0.3) is 0 Å². The van der Waals surface area contributed by atoms with Crippen LogP contribution in [0.15, 0.2) is 16.7 Å². The van der Waals surface area contributed by atoms with Crippen LogP contribution in [-0.2, 0) is 6.54 Å². The Morgan fingerprint density at radius 2 is 2.10 bits per heavy atom. The van der Waals surface area contributed by atoms with E-state index in [0.29, 0.717) is 0 Å². The topological polar surface area (TPSA) is 28.2 Å². The zero-order valence-corrected chi connectivity index (χ0v) is 15.0. The molecule has 1 aromatic heterocycles. The second-order valence-electron chi connectivity index (χ2n) is 6.20. The van der Waals surface area contributed by atoms with E-state index >= 15 is 0 Å². The molecule has 3 nitrogen and oxygen atoms in total. The van der Waals surface area contributed by atoms with Gasteiger partial charge in [0.15, 0.2) is 0 Å². The third-order valence-corrected chi connectivity index (χ3v) is 4.70. The van der Waals surface area contributed by atoms with E-state index < -0.39 is 0 Å². The van der Waals surface area contributed by atoms with Gasteiger partial charge in [-0.15, -0.1) is 0 Å². The summed E-state index contributed by atoms with van der Waals surface area (Å²) in [6.07, 6.45) is 10.1. The highest BCUT2D eigenvalue weighted by atomic mass is 79.9. The van der Waals surface area contributed by atoms with Gasteiger partial charge in [-0.1, -0.05) is 26.2 Å². The van der Waals surface area contributed by atoms with Gasteiger partial charge in [0, 0.05) is 36.4 Å². The van der Waals surface area contributed by atoms with Gasteiger partial charge in [0.05, 0.1) is 0 Å². The zero-order valence-electron chi connectivity index (χ0n) is 13.4. The Bertz CT molecular complexity index is 430. The molecule has 1 N–H and O–H groups in total. The third-order valence-electron chi connectivity index (χ3n) is 4.27. The van der Waals surface area contributed by atoms with Crippen molar-refractivity contribution in [2.75, 3.05) is 25.0 Å². The molecule has 0 atom stereocenters. The first kappa shape index (κ1) is 16.8. The standard InChI is InChI=1S/C17H28BrN3/c1-3-9-19-11-15-10-16(18)12-20-17(15)21(2)13-14-7-5-4-6-8-14/h10,12,14,19H,3-9,11,13H2,1-2H3. The summed E-state index contributed by atoms with van der Waals surface area (Å²) >= 11 is 3.54. The zero-order chi connectivity index (χ0) is 15.1. The molecule has 0 spiro atoms. The Balaban J connectivity index is 2.01. The maximum atomic E-state index is 4.66. The molecular formula is C17H28BrN3. The SMILES string of the molecule is CCCNCc1cc(Br)cnc1N(C)CC1CCCCC1. The van der Waals surface area contributed by atoms with Crippen LogP contribution < -0.4 is 10.2 Å². The summed E-state index contributed by atoms with van der Waals surface area (Å²) in [6, 6.07) is 2.20. The van der Waals surface area contributed by atoms with Crippen molar-refractivity contribution in [2.24, 2.45) is 5.92 Å². The second kappa shape index (κ2) is 8.74. The smallest absolute Gasteiger partial charge is 0.132 e. The molecule has 0 saturated heterocycles. The van der Waals surface area contributed by atoms with E-state index in [1.165, 1.54) is 37.7 Å². The molecular weight excluding hydrogens is 326 g/mol. The minimum Gasteiger partial charge on any atom is -0.359 e. The maximum absolute atomic E-state index is 4.66. The van der Waals surface area contributed by atoms with Crippen LogP contribution in [-0.4, -0.2) is 25.1 Å². The first-order valence-electron chi connectivity index (χ1n) is 8.27. The number of rotatable bonds is 7. The van der Waals surface area contributed by atoms with Gasteiger partial charge in [0.1, 0.15) is 5.82 Å². The number of halogens is 1. The predicted octanol–water partition coefficient (Wildman–Crippen LogP) is 4.36. The number of nitrogens with one attached hydrogen (secondary N) is 1. The van der Waals surface area contributed by atoms with Crippen molar-refractivity contribution in [3.8, 4) is 0 Å². The molecule has 118 valence electrons. The molecule has 0 amide bonds. The fraction of sp³-hybridized carbons (Fsp3) is 0.706. The fourth-order valence-electron chi connectivity index (χ4n) is 3.19. The summed E-state index contributed by atoms with van der Waals surface area (Å²) in [5.41, 5.74) is 1.29. The average molecular weight is 354 g/mol. The van der Waals surface area contributed by atoms with Gasteiger partial charge in [-0.25, -0.2) is 4.98 Å². The van der Waals surface area contributed by atoms with Crippen LogP contribution in [0.3, 0.4) is 0 Å². The minimum atomic E-state index is 0.839. The molecule has 1 aliphatic carbocycles. The van der Waals surface area contributed by atoms with E-state index in [2.05, 4.69) is 51.2 Å². The van der Waals surface area contributed by atoms with Crippen molar-refractivity contribution in [1.29, 1.82) is 0 Å². The van der Waals surface area contributed by atoms with Gasteiger partial charge in [0.2, 0.25) is 0 Å². The van der Waals surface area contributed by atoms with Gasteiger partial charge in [-0.3, -0.25) is 0 Å². The molecule has 2 rings (SSSR count). The molecule has 1 saturated carbocycles. The molecule has 1 heterocycles. The lowest BCUT2D eigenvalue weighted by Crippen LogP contribution is -2.29.